The molecule has 0 atom stereocenters. The Bertz CT molecular complexity index is 508. The number of halogens is 1. The molecule has 21 heavy (non-hydrogen) atoms. The van der Waals surface area contributed by atoms with Crippen LogP contribution in [0.5, 0.6) is 0 Å². The molecule has 0 spiro atoms. The molecule has 1 saturated heterocycles. The fraction of sp³-hybridized carbons (Fsp3) is 0.500. The van der Waals surface area contributed by atoms with E-state index < -0.39 is 0 Å². The van der Waals surface area contributed by atoms with Gasteiger partial charge >= 0.3 is 0 Å². The van der Waals surface area contributed by atoms with E-state index in [9.17, 15) is 14.0 Å². The van der Waals surface area contributed by atoms with Crippen LogP contribution in [0.25, 0.3) is 0 Å². The molecule has 0 bridgehead atoms. The zero-order valence-corrected chi connectivity index (χ0v) is 12.5. The maximum absolute atomic E-state index is 12.9. The molecule has 0 radical (unpaired) electrons. The predicted octanol–water partition coefficient (Wildman–Crippen LogP) is 2.16. The molecular formula is C16H21FN2O2. The van der Waals surface area contributed by atoms with Crippen molar-refractivity contribution in [1.82, 2.24) is 9.80 Å². The number of carbonyl (C=O) groups excluding carboxylic acids is 2. The molecule has 114 valence electrons. The Hall–Kier alpha value is -1.91. The minimum atomic E-state index is -0.349. The number of rotatable bonds is 3. The first-order valence-electron chi connectivity index (χ1n) is 7.32. The van der Waals surface area contributed by atoms with Crippen LogP contribution in [0.2, 0.25) is 0 Å². The summed E-state index contributed by atoms with van der Waals surface area (Å²) in [6, 6.07) is 5.58. The van der Waals surface area contributed by atoms with Crippen LogP contribution in [-0.4, -0.2) is 48.3 Å². The van der Waals surface area contributed by atoms with E-state index in [0.29, 0.717) is 38.0 Å². The fourth-order valence-corrected chi connectivity index (χ4v) is 2.57. The molecule has 0 unspecified atom stereocenters. The van der Waals surface area contributed by atoms with Gasteiger partial charge in [0, 0.05) is 38.2 Å². The number of benzene rings is 1. The second-order valence-corrected chi connectivity index (χ2v) is 5.43. The highest BCUT2D eigenvalue weighted by Gasteiger charge is 2.29. The third-order valence-electron chi connectivity index (χ3n) is 4.07. The average Bonchev–Trinajstić information content (AvgIpc) is 2.53. The first kappa shape index (κ1) is 15.5. The van der Waals surface area contributed by atoms with E-state index >= 15 is 0 Å². The zero-order valence-electron chi connectivity index (χ0n) is 12.5. The van der Waals surface area contributed by atoms with Crippen molar-refractivity contribution in [2.45, 2.75) is 19.8 Å². The van der Waals surface area contributed by atoms with E-state index in [1.165, 1.54) is 24.3 Å². The smallest absolute Gasteiger partial charge is 0.253 e. The molecule has 2 rings (SSSR count). The van der Waals surface area contributed by atoms with Gasteiger partial charge in [-0.25, -0.2) is 4.39 Å². The van der Waals surface area contributed by atoms with Crippen LogP contribution in [0.15, 0.2) is 24.3 Å². The lowest BCUT2D eigenvalue weighted by atomic mass is 9.95. The largest absolute Gasteiger partial charge is 0.346 e. The molecule has 0 N–H and O–H groups in total. The Morgan fingerprint density at radius 1 is 1.24 bits per heavy atom. The lowest BCUT2D eigenvalue weighted by molar-refractivity contribution is -0.135. The Morgan fingerprint density at radius 2 is 1.81 bits per heavy atom. The van der Waals surface area contributed by atoms with E-state index in [0.717, 1.165) is 0 Å². The summed E-state index contributed by atoms with van der Waals surface area (Å²) in [7, 11) is 1.80. The van der Waals surface area contributed by atoms with Crippen LogP contribution in [0.3, 0.4) is 0 Å². The van der Waals surface area contributed by atoms with Gasteiger partial charge in [0.25, 0.3) is 5.91 Å². The van der Waals surface area contributed by atoms with Gasteiger partial charge in [0.2, 0.25) is 5.91 Å². The van der Waals surface area contributed by atoms with Crippen molar-refractivity contribution < 1.29 is 14.0 Å². The lowest BCUT2D eigenvalue weighted by Crippen LogP contribution is -2.43. The second kappa shape index (κ2) is 6.70. The molecule has 2 amide bonds. The summed E-state index contributed by atoms with van der Waals surface area (Å²) in [5.74, 6) is -0.276. The van der Waals surface area contributed by atoms with Gasteiger partial charge in [-0.2, -0.15) is 0 Å². The third-order valence-corrected chi connectivity index (χ3v) is 4.07. The van der Waals surface area contributed by atoms with E-state index in [-0.39, 0.29) is 23.5 Å². The molecule has 5 heteroatoms. The summed E-state index contributed by atoms with van der Waals surface area (Å²) in [6.45, 7) is 3.80. The van der Waals surface area contributed by atoms with E-state index in [1.807, 2.05) is 6.92 Å². The number of likely N-dealkylation sites (tertiary alicyclic amines) is 1. The normalized spacial score (nSPS) is 15.9. The van der Waals surface area contributed by atoms with Crippen molar-refractivity contribution in [3.8, 4) is 0 Å². The van der Waals surface area contributed by atoms with Gasteiger partial charge in [-0.15, -0.1) is 0 Å². The molecule has 0 saturated carbocycles. The molecular weight excluding hydrogens is 271 g/mol. The summed E-state index contributed by atoms with van der Waals surface area (Å²) >= 11 is 0. The zero-order chi connectivity index (χ0) is 15.4. The first-order valence-corrected chi connectivity index (χ1v) is 7.32. The second-order valence-electron chi connectivity index (χ2n) is 5.43. The number of nitrogens with zero attached hydrogens (tertiary/aromatic N) is 2. The Kier molecular flexibility index (Phi) is 4.94. The summed E-state index contributed by atoms with van der Waals surface area (Å²) in [5, 5.41) is 0. The maximum Gasteiger partial charge on any atom is 0.253 e. The summed E-state index contributed by atoms with van der Waals surface area (Å²) in [5.41, 5.74) is 0.492. The van der Waals surface area contributed by atoms with E-state index in [4.69, 9.17) is 0 Å². The lowest BCUT2D eigenvalue weighted by Gasteiger charge is -2.33. The SMILES string of the molecule is CCN(C)C(=O)C1CCN(C(=O)c2ccc(F)cc2)CC1. The van der Waals surface area contributed by atoms with Gasteiger partial charge < -0.3 is 9.80 Å². The number of amides is 2. The third kappa shape index (κ3) is 3.60. The topological polar surface area (TPSA) is 40.6 Å². The molecule has 1 aromatic rings. The van der Waals surface area contributed by atoms with Crippen molar-refractivity contribution in [2.24, 2.45) is 5.92 Å². The monoisotopic (exact) mass is 292 g/mol. The molecule has 0 aromatic heterocycles. The van der Waals surface area contributed by atoms with Crippen LogP contribution in [0.1, 0.15) is 30.1 Å². The van der Waals surface area contributed by atoms with Crippen molar-refractivity contribution in [3.05, 3.63) is 35.6 Å². The van der Waals surface area contributed by atoms with Gasteiger partial charge in [-0.3, -0.25) is 9.59 Å². The highest BCUT2D eigenvalue weighted by molar-refractivity contribution is 5.94. The predicted molar refractivity (Wildman–Crippen MR) is 78.3 cm³/mol. The van der Waals surface area contributed by atoms with E-state index in [2.05, 4.69) is 0 Å². The highest BCUT2D eigenvalue weighted by Crippen LogP contribution is 2.21. The Labute approximate surface area is 124 Å². The maximum atomic E-state index is 12.9. The Morgan fingerprint density at radius 3 is 2.33 bits per heavy atom. The molecule has 1 aliphatic rings. The Balaban J connectivity index is 1.93. The van der Waals surface area contributed by atoms with Gasteiger partial charge in [0.15, 0.2) is 0 Å². The number of carbonyl (C=O) groups is 2. The molecule has 1 fully saturated rings. The standard InChI is InChI=1S/C16H21FN2O2/c1-3-18(2)15(20)13-8-10-19(11-9-13)16(21)12-4-6-14(17)7-5-12/h4-7,13H,3,8-11H2,1-2H3. The van der Waals surface area contributed by atoms with Crippen LogP contribution in [-0.2, 0) is 4.79 Å². The van der Waals surface area contributed by atoms with Gasteiger partial charge in [-0.1, -0.05) is 0 Å². The first-order chi connectivity index (χ1) is 10.0. The van der Waals surface area contributed by atoms with Gasteiger partial charge in [0.1, 0.15) is 5.82 Å². The number of hydrogen-bond donors (Lipinski definition) is 0. The van der Waals surface area contributed by atoms with Crippen molar-refractivity contribution in [1.29, 1.82) is 0 Å². The van der Waals surface area contributed by atoms with Crippen LogP contribution in [0.4, 0.5) is 4.39 Å². The summed E-state index contributed by atoms with van der Waals surface area (Å²) in [4.78, 5) is 27.8. The van der Waals surface area contributed by atoms with Gasteiger partial charge in [0.05, 0.1) is 0 Å². The van der Waals surface area contributed by atoms with Gasteiger partial charge in [-0.05, 0) is 44.0 Å². The van der Waals surface area contributed by atoms with Crippen molar-refractivity contribution in [2.75, 3.05) is 26.7 Å². The van der Waals surface area contributed by atoms with Crippen LogP contribution >= 0.6 is 0 Å². The number of piperidine rings is 1. The van der Waals surface area contributed by atoms with Crippen LogP contribution in [0, 0.1) is 11.7 Å². The molecule has 0 aliphatic carbocycles. The average molecular weight is 292 g/mol. The summed E-state index contributed by atoms with van der Waals surface area (Å²) in [6.07, 6.45) is 1.38. The quantitative estimate of drug-likeness (QED) is 0.856. The molecule has 1 aromatic carbocycles. The van der Waals surface area contributed by atoms with Crippen LogP contribution < -0.4 is 0 Å². The fourth-order valence-electron chi connectivity index (χ4n) is 2.57. The molecule has 4 nitrogen and oxygen atoms in total. The van der Waals surface area contributed by atoms with E-state index in [1.54, 1.807) is 16.8 Å². The summed E-state index contributed by atoms with van der Waals surface area (Å²) < 4.78 is 12.9. The minimum Gasteiger partial charge on any atom is -0.346 e. The minimum absolute atomic E-state index is 0.00668. The van der Waals surface area contributed by atoms with Crippen molar-refractivity contribution in [3.63, 3.8) is 0 Å². The number of hydrogen-bond acceptors (Lipinski definition) is 2. The van der Waals surface area contributed by atoms with Crippen molar-refractivity contribution >= 4 is 11.8 Å². The highest BCUT2D eigenvalue weighted by atomic mass is 19.1. The molecule has 1 heterocycles. The molecule has 1 aliphatic heterocycles.